The highest BCUT2D eigenvalue weighted by atomic mass is 28.4. The van der Waals surface area contributed by atoms with E-state index in [1.54, 1.807) is 0 Å². The van der Waals surface area contributed by atoms with Crippen molar-refractivity contribution in [1.82, 2.24) is 0 Å². The zero-order valence-electron chi connectivity index (χ0n) is 10.0. The quantitative estimate of drug-likeness (QED) is 0.509. The number of terminal acetylenes is 2. The summed E-state index contributed by atoms with van der Waals surface area (Å²) in [5.74, 6) is 0. The van der Waals surface area contributed by atoms with Crippen molar-refractivity contribution >= 4 is 8.56 Å². The summed E-state index contributed by atoms with van der Waals surface area (Å²) in [4.78, 5) is 0. The fourth-order valence-corrected chi connectivity index (χ4v) is 2.82. The van der Waals surface area contributed by atoms with Gasteiger partial charge in [0.2, 0.25) is 0 Å². The second-order valence-corrected chi connectivity index (χ2v) is 5.86. The van der Waals surface area contributed by atoms with E-state index < -0.39 is 8.56 Å². The third-order valence-corrected chi connectivity index (χ3v) is 4.49. The molecule has 0 amide bonds. The molecule has 0 fully saturated rings. The van der Waals surface area contributed by atoms with Crippen LogP contribution in [0.5, 0.6) is 0 Å². The molecule has 3 heteroatoms. The smallest absolute Gasteiger partial charge is 0.373 e. The first kappa shape index (κ1) is 14.3. The molecule has 0 aromatic heterocycles. The first-order chi connectivity index (χ1) is 7.03. The minimum atomic E-state index is -2.86. The molecule has 0 saturated carbocycles. The summed E-state index contributed by atoms with van der Waals surface area (Å²) in [7, 11) is -2.86. The molecule has 0 rings (SSSR count). The molecule has 15 heavy (non-hydrogen) atoms. The lowest BCUT2D eigenvalue weighted by molar-refractivity contribution is 0.107. The summed E-state index contributed by atoms with van der Waals surface area (Å²) in [5, 5.41) is 0. The Morgan fingerprint density at radius 1 is 1.00 bits per heavy atom. The van der Waals surface area contributed by atoms with Crippen LogP contribution in [0.4, 0.5) is 0 Å². The Morgan fingerprint density at radius 2 is 1.33 bits per heavy atom. The van der Waals surface area contributed by atoms with E-state index in [2.05, 4.69) is 11.1 Å². The van der Waals surface area contributed by atoms with Gasteiger partial charge < -0.3 is 8.85 Å². The molecule has 0 bridgehead atoms. The van der Waals surface area contributed by atoms with E-state index in [0.29, 0.717) is 0 Å². The minimum absolute atomic E-state index is 0.0489. The summed E-state index contributed by atoms with van der Waals surface area (Å²) in [6.45, 7) is 7.97. The van der Waals surface area contributed by atoms with Crippen LogP contribution in [0.1, 0.15) is 40.5 Å². The first-order valence-electron chi connectivity index (χ1n) is 5.34. The van der Waals surface area contributed by atoms with Gasteiger partial charge in [0, 0.05) is 12.2 Å². The third-order valence-electron chi connectivity index (χ3n) is 2.26. The predicted octanol–water partition coefficient (Wildman–Crippen LogP) is 2.40. The fraction of sp³-hybridized carbons (Fsp3) is 0.667. The molecule has 2 atom stereocenters. The summed E-state index contributed by atoms with van der Waals surface area (Å²) in [5.41, 5.74) is 5.11. The van der Waals surface area contributed by atoms with Crippen molar-refractivity contribution in [3.8, 4) is 23.9 Å². The van der Waals surface area contributed by atoms with Gasteiger partial charge in [-0.25, -0.2) is 0 Å². The second-order valence-electron chi connectivity index (χ2n) is 3.58. The molecule has 0 saturated heterocycles. The zero-order valence-corrected chi connectivity index (χ0v) is 11.0. The van der Waals surface area contributed by atoms with Crippen molar-refractivity contribution in [2.24, 2.45) is 0 Å². The van der Waals surface area contributed by atoms with Crippen molar-refractivity contribution in [2.45, 2.75) is 52.7 Å². The van der Waals surface area contributed by atoms with E-state index in [4.69, 9.17) is 21.7 Å². The Balaban J connectivity index is 4.62. The molecule has 0 aliphatic heterocycles. The fourth-order valence-electron chi connectivity index (χ4n) is 0.939. The molecule has 0 aliphatic carbocycles. The van der Waals surface area contributed by atoms with Crippen molar-refractivity contribution in [1.29, 1.82) is 0 Å². The SMILES string of the molecule is C#C[Si](C#C)(OC(C)CC)OC(C)CC. The summed E-state index contributed by atoms with van der Waals surface area (Å²) >= 11 is 0. The largest absolute Gasteiger partial charge is 0.510 e. The normalized spacial score (nSPS) is 15.1. The van der Waals surface area contributed by atoms with E-state index in [1.165, 1.54) is 0 Å². The molecule has 0 spiro atoms. The molecule has 2 nitrogen and oxygen atoms in total. The van der Waals surface area contributed by atoms with Crippen molar-refractivity contribution in [2.75, 3.05) is 0 Å². The van der Waals surface area contributed by atoms with Crippen LogP contribution >= 0.6 is 0 Å². The van der Waals surface area contributed by atoms with E-state index in [0.717, 1.165) is 12.8 Å². The molecule has 0 aromatic rings. The standard InChI is InChI=1S/C12H20O2Si/c1-7-11(5)13-15(9-3,10-4)14-12(6)8-2/h3-4,11-12H,7-8H2,1-2,5-6H3. The van der Waals surface area contributed by atoms with Crippen LogP contribution in [0.3, 0.4) is 0 Å². The Labute approximate surface area is 94.6 Å². The summed E-state index contributed by atoms with van der Waals surface area (Å²) < 4.78 is 11.4. The minimum Gasteiger partial charge on any atom is -0.373 e. The number of hydrogen-bond acceptors (Lipinski definition) is 2. The number of hydrogen-bond donors (Lipinski definition) is 0. The maximum absolute atomic E-state index is 5.70. The lowest BCUT2D eigenvalue weighted by atomic mass is 10.3. The van der Waals surface area contributed by atoms with Crippen LogP contribution < -0.4 is 0 Å². The van der Waals surface area contributed by atoms with Crippen molar-refractivity contribution in [3.63, 3.8) is 0 Å². The van der Waals surface area contributed by atoms with Crippen LogP contribution in [-0.2, 0) is 8.85 Å². The second kappa shape index (κ2) is 6.69. The Morgan fingerprint density at radius 3 is 1.53 bits per heavy atom. The Bertz CT molecular complexity index is 234. The van der Waals surface area contributed by atoms with Gasteiger partial charge in [-0.05, 0) is 26.7 Å². The Hall–Kier alpha value is -0.743. The van der Waals surface area contributed by atoms with Crippen LogP contribution in [-0.4, -0.2) is 20.8 Å². The van der Waals surface area contributed by atoms with Gasteiger partial charge in [-0.1, -0.05) is 24.9 Å². The van der Waals surface area contributed by atoms with Gasteiger partial charge in [-0.15, -0.1) is 12.8 Å². The van der Waals surface area contributed by atoms with E-state index >= 15 is 0 Å². The third kappa shape index (κ3) is 4.53. The molecular weight excluding hydrogens is 204 g/mol. The predicted molar refractivity (Wildman–Crippen MR) is 65.1 cm³/mol. The lowest BCUT2D eigenvalue weighted by Gasteiger charge is -2.26. The monoisotopic (exact) mass is 224 g/mol. The summed E-state index contributed by atoms with van der Waals surface area (Å²) in [6, 6.07) is 0. The average Bonchev–Trinajstić information content (AvgIpc) is 2.27. The lowest BCUT2D eigenvalue weighted by Crippen LogP contribution is -2.45. The highest BCUT2D eigenvalue weighted by Crippen LogP contribution is 2.14. The van der Waals surface area contributed by atoms with E-state index in [1.807, 2.05) is 27.7 Å². The molecule has 84 valence electrons. The molecule has 0 radical (unpaired) electrons. The topological polar surface area (TPSA) is 18.5 Å². The van der Waals surface area contributed by atoms with Gasteiger partial charge >= 0.3 is 8.56 Å². The maximum atomic E-state index is 5.70. The molecule has 0 heterocycles. The molecule has 0 aromatic carbocycles. The van der Waals surface area contributed by atoms with Gasteiger partial charge in [0.25, 0.3) is 0 Å². The number of rotatable bonds is 6. The van der Waals surface area contributed by atoms with Crippen molar-refractivity contribution < 1.29 is 8.85 Å². The van der Waals surface area contributed by atoms with Crippen molar-refractivity contribution in [3.05, 3.63) is 0 Å². The van der Waals surface area contributed by atoms with Gasteiger partial charge in [-0.2, -0.15) is 0 Å². The van der Waals surface area contributed by atoms with Gasteiger partial charge in [0.15, 0.2) is 0 Å². The maximum Gasteiger partial charge on any atom is 0.510 e. The summed E-state index contributed by atoms with van der Waals surface area (Å²) in [6.07, 6.45) is 12.7. The van der Waals surface area contributed by atoms with Crippen LogP contribution in [0.2, 0.25) is 0 Å². The van der Waals surface area contributed by atoms with Crippen LogP contribution in [0.25, 0.3) is 0 Å². The highest BCUT2D eigenvalue weighted by molar-refractivity contribution is 6.83. The van der Waals surface area contributed by atoms with Crippen LogP contribution in [0, 0.1) is 23.9 Å². The molecule has 0 N–H and O–H groups in total. The first-order valence-corrected chi connectivity index (χ1v) is 7.16. The van der Waals surface area contributed by atoms with Crippen LogP contribution in [0.15, 0.2) is 0 Å². The molecule has 0 aliphatic rings. The van der Waals surface area contributed by atoms with E-state index in [-0.39, 0.29) is 12.2 Å². The average molecular weight is 224 g/mol. The zero-order chi connectivity index (χ0) is 11.9. The highest BCUT2D eigenvalue weighted by Gasteiger charge is 2.37. The van der Waals surface area contributed by atoms with Gasteiger partial charge in [0.05, 0.1) is 0 Å². The molecular formula is C12H20O2Si. The Kier molecular flexibility index (Phi) is 6.36. The molecule has 2 unspecified atom stereocenters. The van der Waals surface area contributed by atoms with E-state index in [9.17, 15) is 0 Å². The van der Waals surface area contributed by atoms with Gasteiger partial charge in [0.1, 0.15) is 0 Å². The van der Waals surface area contributed by atoms with Gasteiger partial charge in [-0.3, -0.25) is 0 Å².